The van der Waals surface area contributed by atoms with Gasteiger partial charge in [0.05, 0.1) is 12.3 Å². The van der Waals surface area contributed by atoms with Gasteiger partial charge in [-0.1, -0.05) is 37.3 Å². The Hall–Kier alpha value is -2.61. The van der Waals surface area contributed by atoms with Gasteiger partial charge in [0.25, 0.3) is 5.91 Å². The molecule has 1 amide bonds. The maximum absolute atomic E-state index is 12.4. The lowest BCUT2D eigenvalue weighted by molar-refractivity contribution is -0.125. The van der Waals surface area contributed by atoms with Crippen molar-refractivity contribution in [2.24, 2.45) is 5.92 Å². The van der Waals surface area contributed by atoms with E-state index in [9.17, 15) is 9.59 Å². The minimum atomic E-state index is -0.787. The molecule has 1 aliphatic rings. The third kappa shape index (κ3) is 4.13. The van der Waals surface area contributed by atoms with Crippen molar-refractivity contribution < 1.29 is 23.8 Å². The van der Waals surface area contributed by atoms with E-state index in [0.717, 1.165) is 11.3 Å². The van der Waals surface area contributed by atoms with Gasteiger partial charge in [-0.15, -0.1) is 0 Å². The van der Waals surface area contributed by atoms with Crippen LogP contribution in [0.4, 0.5) is 5.13 Å². The number of esters is 1. The smallest absolute Gasteiger partial charge is 0.350 e. The van der Waals surface area contributed by atoms with Crippen LogP contribution in [-0.4, -0.2) is 36.2 Å². The zero-order valence-electron chi connectivity index (χ0n) is 14.8. The maximum Gasteiger partial charge on any atom is 0.350 e. The molecular formula is C18H20N2O5S. The molecule has 1 atom stereocenters. The normalized spacial score (nSPS) is 15.6. The van der Waals surface area contributed by atoms with Gasteiger partial charge in [-0.25, -0.2) is 9.78 Å². The van der Waals surface area contributed by atoms with E-state index in [1.165, 1.54) is 0 Å². The fourth-order valence-corrected chi connectivity index (χ4v) is 3.14. The second kappa shape index (κ2) is 7.74. The van der Waals surface area contributed by atoms with Gasteiger partial charge in [-0.3, -0.25) is 10.1 Å². The van der Waals surface area contributed by atoms with E-state index < -0.39 is 12.1 Å². The Labute approximate surface area is 155 Å². The van der Waals surface area contributed by atoms with Gasteiger partial charge in [-0.05, 0) is 25.0 Å². The second-order valence-electron chi connectivity index (χ2n) is 6.28. The number of amides is 1. The van der Waals surface area contributed by atoms with Crippen molar-refractivity contribution in [2.45, 2.75) is 26.9 Å². The van der Waals surface area contributed by atoms with Crippen molar-refractivity contribution >= 4 is 28.3 Å². The molecule has 7 nitrogen and oxygen atoms in total. The molecule has 138 valence electrons. The van der Waals surface area contributed by atoms with Crippen LogP contribution >= 0.6 is 11.3 Å². The summed E-state index contributed by atoms with van der Waals surface area (Å²) in [4.78, 5) is 29.1. The van der Waals surface area contributed by atoms with Crippen molar-refractivity contribution in [3.63, 3.8) is 0 Å². The van der Waals surface area contributed by atoms with Gasteiger partial charge in [0.2, 0.25) is 6.10 Å². The van der Waals surface area contributed by atoms with Gasteiger partial charge >= 0.3 is 5.97 Å². The predicted octanol–water partition coefficient (Wildman–Crippen LogP) is 3.04. The number of carbonyl (C=O) groups excluding carboxylic acids is 2. The molecule has 0 radical (unpaired) electrons. The Morgan fingerprint density at radius 2 is 2.08 bits per heavy atom. The number of nitrogens with one attached hydrogen (secondary N) is 1. The fraction of sp³-hybridized carbons (Fsp3) is 0.389. The number of carbonyl (C=O) groups is 2. The van der Waals surface area contributed by atoms with Crippen LogP contribution in [0.1, 0.15) is 29.2 Å². The second-order valence-corrected chi connectivity index (χ2v) is 7.28. The number of benzene rings is 1. The zero-order chi connectivity index (χ0) is 18.7. The summed E-state index contributed by atoms with van der Waals surface area (Å²) >= 11 is 1.08. The number of rotatable bonds is 5. The molecule has 1 aromatic heterocycles. The molecule has 0 spiro atoms. The number of para-hydroxylation sites is 2. The number of anilines is 1. The van der Waals surface area contributed by atoms with Gasteiger partial charge in [0.15, 0.2) is 16.6 Å². The third-order valence-electron chi connectivity index (χ3n) is 3.56. The van der Waals surface area contributed by atoms with E-state index in [4.69, 9.17) is 14.2 Å². The summed E-state index contributed by atoms with van der Waals surface area (Å²) in [5.74, 6) is 0.567. The van der Waals surface area contributed by atoms with Crippen LogP contribution in [-0.2, 0) is 9.53 Å². The first-order valence-corrected chi connectivity index (χ1v) is 9.09. The molecule has 0 bridgehead atoms. The van der Waals surface area contributed by atoms with Gasteiger partial charge in [0.1, 0.15) is 11.5 Å². The Bertz CT molecular complexity index is 818. The summed E-state index contributed by atoms with van der Waals surface area (Å²) in [6.45, 7) is 6.07. The SMILES string of the molecule is Cc1nc(NC(=O)C2COc3ccccc3O2)sc1C(=O)OCC(C)C. The molecule has 0 fully saturated rings. The standard InChI is InChI=1S/C18H20N2O5S/c1-10(2)8-24-17(22)15-11(3)19-18(26-15)20-16(21)14-9-23-12-6-4-5-7-13(12)25-14/h4-7,10,14H,8-9H2,1-3H3,(H,19,20,21). The van der Waals surface area contributed by atoms with E-state index in [0.29, 0.717) is 33.8 Å². The van der Waals surface area contributed by atoms with E-state index >= 15 is 0 Å². The highest BCUT2D eigenvalue weighted by Gasteiger charge is 2.28. The summed E-state index contributed by atoms with van der Waals surface area (Å²) in [5.41, 5.74) is 0.519. The summed E-state index contributed by atoms with van der Waals surface area (Å²) in [6, 6.07) is 7.16. The van der Waals surface area contributed by atoms with Crippen molar-refractivity contribution in [1.82, 2.24) is 4.98 Å². The van der Waals surface area contributed by atoms with Crippen LogP contribution in [0, 0.1) is 12.8 Å². The number of hydrogen-bond acceptors (Lipinski definition) is 7. The van der Waals surface area contributed by atoms with Gasteiger partial charge in [-0.2, -0.15) is 0 Å². The summed E-state index contributed by atoms with van der Waals surface area (Å²) < 4.78 is 16.4. The Kier molecular flexibility index (Phi) is 5.41. The molecule has 0 aliphatic carbocycles. The molecule has 1 N–H and O–H groups in total. The number of nitrogens with zero attached hydrogens (tertiary/aromatic N) is 1. The number of hydrogen-bond donors (Lipinski definition) is 1. The first-order valence-electron chi connectivity index (χ1n) is 8.28. The monoisotopic (exact) mass is 376 g/mol. The van der Waals surface area contributed by atoms with E-state index in [1.807, 2.05) is 26.0 Å². The molecule has 1 aromatic carbocycles. The van der Waals surface area contributed by atoms with Gasteiger partial charge in [0, 0.05) is 0 Å². The van der Waals surface area contributed by atoms with Crippen LogP contribution in [0.5, 0.6) is 11.5 Å². The van der Waals surface area contributed by atoms with Crippen molar-refractivity contribution in [1.29, 1.82) is 0 Å². The number of thiazole rings is 1. The predicted molar refractivity (Wildman–Crippen MR) is 97.0 cm³/mol. The van der Waals surface area contributed by atoms with Crippen LogP contribution in [0.2, 0.25) is 0 Å². The summed E-state index contributed by atoms with van der Waals surface area (Å²) in [5, 5.41) is 3.00. The lowest BCUT2D eigenvalue weighted by Crippen LogP contribution is -2.40. The van der Waals surface area contributed by atoms with E-state index in [2.05, 4.69) is 10.3 Å². The molecule has 8 heteroatoms. The Morgan fingerprint density at radius 3 is 2.81 bits per heavy atom. The summed E-state index contributed by atoms with van der Waals surface area (Å²) in [7, 11) is 0. The van der Waals surface area contributed by atoms with Crippen molar-refractivity contribution in [2.75, 3.05) is 18.5 Å². The van der Waals surface area contributed by atoms with Gasteiger partial charge < -0.3 is 14.2 Å². The summed E-state index contributed by atoms with van der Waals surface area (Å²) in [6.07, 6.45) is -0.787. The van der Waals surface area contributed by atoms with Crippen LogP contribution in [0.25, 0.3) is 0 Å². The highest BCUT2D eigenvalue weighted by atomic mass is 32.1. The zero-order valence-corrected chi connectivity index (χ0v) is 15.6. The molecule has 2 heterocycles. The molecule has 1 unspecified atom stereocenters. The topological polar surface area (TPSA) is 86.8 Å². The largest absolute Gasteiger partial charge is 0.485 e. The number of aryl methyl sites for hydroxylation is 1. The maximum atomic E-state index is 12.4. The van der Waals surface area contributed by atoms with Crippen LogP contribution < -0.4 is 14.8 Å². The Balaban J connectivity index is 1.63. The van der Waals surface area contributed by atoms with Crippen LogP contribution in [0.3, 0.4) is 0 Å². The molecule has 26 heavy (non-hydrogen) atoms. The van der Waals surface area contributed by atoms with E-state index in [1.54, 1.807) is 19.1 Å². The highest BCUT2D eigenvalue weighted by Crippen LogP contribution is 2.31. The van der Waals surface area contributed by atoms with Crippen LogP contribution in [0.15, 0.2) is 24.3 Å². The number of ether oxygens (including phenoxy) is 3. The first-order chi connectivity index (χ1) is 12.4. The molecule has 0 saturated heterocycles. The quantitative estimate of drug-likeness (QED) is 0.807. The molecule has 3 rings (SSSR count). The molecule has 1 aliphatic heterocycles. The van der Waals surface area contributed by atoms with E-state index in [-0.39, 0.29) is 18.4 Å². The van der Waals surface area contributed by atoms with Crippen molar-refractivity contribution in [3.8, 4) is 11.5 Å². The highest BCUT2D eigenvalue weighted by molar-refractivity contribution is 7.17. The molecule has 2 aromatic rings. The molecule has 0 saturated carbocycles. The minimum Gasteiger partial charge on any atom is -0.485 e. The average molecular weight is 376 g/mol. The number of fused-ring (bicyclic) bond motifs is 1. The molecular weight excluding hydrogens is 356 g/mol. The first kappa shape index (κ1) is 18.2. The fourth-order valence-electron chi connectivity index (χ4n) is 2.28. The Morgan fingerprint density at radius 1 is 1.35 bits per heavy atom. The minimum absolute atomic E-state index is 0.108. The lowest BCUT2D eigenvalue weighted by atomic mass is 10.2. The average Bonchev–Trinajstić information content (AvgIpc) is 2.99. The lowest BCUT2D eigenvalue weighted by Gasteiger charge is -2.25. The third-order valence-corrected chi connectivity index (χ3v) is 4.61. The van der Waals surface area contributed by atoms with Crippen molar-refractivity contribution in [3.05, 3.63) is 34.8 Å². The number of aromatic nitrogens is 1.